The fourth-order valence-electron chi connectivity index (χ4n) is 3.59. The molecule has 5 nitrogen and oxygen atoms in total. The van der Waals surface area contributed by atoms with Gasteiger partial charge in [-0.1, -0.05) is 30.3 Å². The van der Waals surface area contributed by atoms with Crippen molar-refractivity contribution >= 4 is 10.0 Å². The van der Waals surface area contributed by atoms with Crippen molar-refractivity contribution in [2.24, 2.45) is 0 Å². The first-order valence-corrected chi connectivity index (χ1v) is 10.8. The number of sulfonamides is 1. The Morgan fingerprint density at radius 3 is 2.52 bits per heavy atom. The predicted octanol–water partition coefficient (Wildman–Crippen LogP) is 3.29. The van der Waals surface area contributed by atoms with Crippen molar-refractivity contribution in [3.63, 3.8) is 0 Å². The van der Waals surface area contributed by atoms with E-state index in [2.05, 4.69) is 9.82 Å². The second kappa shape index (κ2) is 7.66. The summed E-state index contributed by atoms with van der Waals surface area (Å²) >= 11 is 0. The van der Waals surface area contributed by atoms with Gasteiger partial charge in [-0.15, -0.1) is 0 Å². The average molecular weight is 382 g/mol. The van der Waals surface area contributed by atoms with Crippen molar-refractivity contribution in [1.29, 1.82) is 0 Å². The zero-order valence-electron chi connectivity index (χ0n) is 15.1. The minimum absolute atomic E-state index is 0.261. The second-order valence-electron chi connectivity index (χ2n) is 6.93. The molecule has 0 spiro atoms. The molecule has 0 saturated carbocycles. The van der Waals surface area contributed by atoms with Crippen molar-refractivity contribution in [2.45, 2.75) is 43.7 Å². The zero-order chi connectivity index (χ0) is 18.7. The van der Waals surface area contributed by atoms with Crippen LogP contribution in [0.25, 0.3) is 0 Å². The van der Waals surface area contributed by atoms with Gasteiger partial charge in [-0.3, -0.25) is 4.68 Å². The molecule has 0 bridgehead atoms. The Bertz CT molecular complexity index is 1030. The summed E-state index contributed by atoms with van der Waals surface area (Å²) in [6.45, 7) is 0.876. The van der Waals surface area contributed by atoms with E-state index in [0.29, 0.717) is 11.4 Å². The molecule has 0 atom stereocenters. The molecule has 2 aromatic carbocycles. The van der Waals surface area contributed by atoms with Crippen LogP contribution in [0, 0.1) is 0 Å². The molecule has 1 N–H and O–H groups in total. The van der Waals surface area contributed by atoms with Gasteiger partial charge in [0.15, 0.2) is 0 Å². The van der Waals surface area contributed by atoms with Crippen molar-refractivity contribution < 1.29 is 8.42 Å². The van der Waals surface area contributed by atoms with Crippen LogP contribution in [0.15, 0.2) is 65.8 Å². The largest absolute Gasteiger partial charge is 0.268 e. The minimum Gasteiger partial charge on any atom is -0.268 e. The topological polar surface area (TPSA) is 64.0 Å². The number of rotatable bonds is 6. The number of aromatic nitrogens is 2. The molecule has 0 radical (unpaired) electrons. The van der Waals surface area contributed by atoms with Crippen LogP contribution < -0.4 is 4.72 Å². The highest BCUT2D eigenvalue weighted by atomic mass is 32.2. The second-order valence-corrected chi connectivity index (χ2v) is 8.70. The molecule has 1 heterocycles. The summed E-state index contributed by atoms with van der Waals surface area (Å²) in [4.78, 5) is 0.354. The number of benzene rings is 2. The summed E-state index contributed by atoms with van der Waals surface area (Å²) < 4.78 is 30.2. The lowest BCUT2D eigenvalue weighted by molar-refractivity contribution is 0.580. The monoisotopic (exact) mass is 381 g/mol. The molecule has 6 heteroatoms. The molecular formula is C21H23N3O2S. The molecule has 0 amide bonds. The van der Waals surface area contributed by atoms with Crippen LogP contribution in [0.5, 0.6) is 0 Å². The maximum absolute atomic E-state index is 12.8. The lowest BCUT2D eigenvalue weighted by Crippen LogP contribution is -2.24. The SMILES string of the molecule is O=S(=O)(NCc1ccccc1Cn1cccn1)c1ccc2c(c1)CCCC2. The van der Waals surface area contributed by atoms with E-state index >= 15 is 0 Å². The van der Waals surface area contributed by atoms with Crippen molar-refractivity contribution in [1.82, 2.24) is 14.5 Å². The van der Waals surface area contributed by atoms with E-state index in [1.165, 1.54) is 17.5 Å². The van der Waals surface area contributed by atoms with Gasteiger partial charge in [-0.25, -0.2) is 13.1 Å². The normalized spacial score (nSPS) is 14.1. The maximum atomic E-state index is 12.8. The smallest absolute Gasteiger partial charge is 0.240 e. The Hall–Kier alpha value is -2.44. The molecule has 1 aromatic heterocycles. The van der Waals surface area contributed by atoms with Crippen LogP contribution >= 0.6 is 0 Å². The molecule has 27 heavy (non-hydrogen) atoms. The standard InChI is InChI=1S/C21H23N3O2S/c25-27(26,21-11-10-17-6-1-2-7-18(17)14-21)23-15-19-8-3-4-9-20(19)16-24-13-5-12-22-24/h3-5,8-14,23H,1-2,6-7,15-16H2. The number of fused-ring (bicyclic) bond motifs is 1. The van der Waals surface area contributed by atoms with Gasteiger partial charge in [0.25, 0.3) is 0 Å². The summed E-state index contributed by atoms with van der Waals surface area (Å²) in [5.74, 6) is 0. The third-order valence-corrected chi connectivity index (χ3v) is 6.49. The van der Waals surface area contributed by atoms with Gasteiger partial charge in [0, 0.05) is 18.9 Å². The Morgan fingerprint density at radius 2 is 1.74 bits per heavy atom. The minimum atomic E-state index is -3.54. The number of hydrogen-bond donors (Lipinski definition) is 1. The van der Waals surface area contributed by atoms with E-state index in [1.54, 1.807) is 12.3 Å². The first-order chi connectivity index (χ1) is 13.1. The Balaban J connectivity index is 1.51. The Morgan fingerprint density at radius 1 is 0.963 bits per heavy atom. The van der Waals surface area contributed by atoms with Gasteiger partial charge >= 0.3 is 0 Å². The van der Waals surface area contributed by atoms with Gasteiger partial charge in [-0.05, 0) is 66.1 Å². The van der Waals surface area contributed by atoms with Gasteiger partial charge < -0.3 is 0 Å². The van der Waals surface area contributed by atoms with Crippen LogP contribution in [0.2, 0.25) is 0 Å². The first-order valence-electron chi connectivity index (χ1n) is 9.27. The van der Waals surface area contributed by atoms with Crippen LogP contribution in [0.1, 0.15) is 35.1 Å². The van der Waals surface area contributed by atoms with E-state index in [4.69, 9.17) is 0 Å². The van der Waals surface area contributed by atoms with Gasteiger partial charge in [0.05, 0.1) is 11.4 Å². The molecule has 0 fully saturated rings. The number of nitrogens with zero attached hydrogens (tertiary/aromatic N) is 2. The summed E-state index contributed by atoms with van der Waals surface area (Å²) in [6, 6.07) is 15.2. The Labute approximate surface area is 160 Å². The summed E-state index contributed by atoms with van der Waals surface area (Å²) in [5, 5.41) is 4.23. The highest BCUT2D eigenvalue weighted by Crippen LogP contribution is 2.24. The van der Waals surface area contributed by atoms with Gasteiger partial charge in [-0.2, -0.15) is 5.10 Å². The van der Waals surface area contributed by atoms with Gasteiger partial charge in [0.1, 0.15) is 0 Å². The van der Waals surface area contributed by atoms with E-state index < -0.39 is 10.0 Å². The highest BCUT2D eigenvalue weighted by Gasteiger charge is 2.18. The van der Waals surface area contributed by atoms with E-state index in [1.807, 2.05) is 53.3 Å². The average Bonchev–Trinajstić information content (AvgIpc) is 3.20. The van der Waals surface area contributed by atoms with E-state index in [-0.39, 0.29) is 6.54 Å². The molecule has 0 saturated heterocycles. The van der Waals surface area contributed by atoms with Gasteiger partial charge in [0.2, 0.25) is 10.0 Å². The summed E-state index contributed by atoms with van der Waals surface area (Å²) in [6.07, 6.45) is 7.96. The highest BCUT2D eigenvalue weighted by molar-refractivity contribution is 7.89. The quantitative estimate of drug-likeness (QED) is 0.713. The lowest BCUT2D eigenvalue weighted by atomic mass is 9.92. The van der Waals surface area contributed by atoms with E-state index in [0.717, 1.165) is 30.4 Å². The molecule has 3 aromatic rings. The maximum Gasteiger partial charge on any atom is 0.240 e. The van der Waals surface area contributed by atoms with Crippen LogP contribution in [0.3, 0.4) is 0 Å². The fraction of sp³-hybridized carbons (Fsp3) is 0.286. The molecule has 140 valence electrons. The lowest BCUT2D eigenvalue weighted by Gasteiger charge is -2.17. The number of aryl methyl sites for hydroxylation is 2. The molecule has 1 aliphatic carbocycles. The Kier molecular flexibility index (Phi) is 5.09. The number of nitrogens with one attached hydrogen (secondary N) is 1. The van der Waals surface area contributed by atoms with Crippen LogP contribution in [0.4, 0.5) is 0 Å². The third kappa shape index (κ3) is 4.12. The fourth-order valence-corrected chi connectivity index (χ4v) is 4.64. The van der Waals surface area contributed by atoms with Crippen molar-refractivity contribution in [2.75, 3.05) is 0 Å². The molecule has 4 rings (SSSR count). The zero-order valence-corrected chi connectivity index (χ0v) is 16.0. The molecule has 1 aliphatic rings. The third-order valence-electron chi connectivity index (χ3n) is 5.09. The summed E-state index contributed by atoms with van der Waals surface area (Å²) in [5.41, 5.74) is 4.46. The van der Waals surface area contributed by atoms with Crippen LogP contribution in [-0.2, 0) is 36.0 Å². The van der Waals surface area contributed by atoms with E-state index in [9.17, 15) is 8.42 Å². The predicted molar refractivity (Wildman–Crippen MR) is 105 cm³/mol. The molecule has 0 aliphatic heterocycles. The molecular weight excluding hydrogens is 358 g/mol. The first kappa shape index (κ1) is 17.9. The van der Waals surface area contributed by atoms with Crippen molar-refractivity contribution in [3.8, 4) is 0 Å². The number of hydrogen-bond acceptors (Lipinski definition) is 3. The molecule has 0 unspecified atom stereocenters. The van der Waals surface area contributed by atoms with Crippen molar-refractivity contribution in [3.05, 3.63) is 83.2 Å². The van der Waals surface area contributed by atoms with Crippen LogP contribution in [-0.4, -0.2) is 18.2 Å². The summed E-state index contributed by atoms with van der Waals surface area (Å²) in [7, 11) is -3.54.